The molecule has 0 atom stereocenters. The van der Waals surface area contributed by atoms with Gasteiger partial charge in [-0.25, -0.2) is 0 Å². The third-order valence-electron chi connectivity index (χ3n) is 3.85. The number of amides is 2. The van der Waals surface area contributed by atoms with Gasteiger partial charge < -0.3 is 24.4 Å². The quantitative estimate of drug-likeness (QED) is 0.690. The van der Waals surface area contributed by atoms with E-state index in [4.69, 9.17) is 9.47 Å². The second-order valence-corrected chi connectivity index (χ2v) is 6.15. The van der Waals surface area contributed by atoms with Crippen LogP contribution in [0.25, 0.3) is 0 Å². The molecule has 156 valence electrons. The molecule has 0 fully saturated rings. The van der Waals surface area contributed by atoms with Gasteiger partial charge in [0.1, 0.15) is 5.75 Å². The Morgan fingerprint density at radius 3 is 2.52 bits per heavy atom. The Balaban J connectivity index is 1.98. The Hall–Kier alpha value is -3.36. The van der Waals surface area contributed by atoms with Crippen molar-refractivity contribution in [2.24, 2.45) is 0 Å². The van der Waals surface area contributed by atoms with Gasteiger partial charge in [0, 0.05) is 26.2 Å². The molecule has 0 bridgehead atoms. The predicted octanol–water partition coefficient (Wildman–Crippen LogP) is 2.69. The molecule has 0 saturated carbocycles. The van der Waals surface area contributed by atoms with Crippen molar-refractivity contribution in [3.05, 3.63) is 53.6 Å². The van der Waals surface area contributed by atoms with Gasteiger partial charge in [-0.1, -0.05) is 12.1 Å². The zero-order valence-corrected chi connectivity index (χ0v) is 16.3. The highest BCUT2D eigenvalue weighted by molar-refractivity contribution is 5.94. The number of benzene rings is 2. The number of carbonyl (C=O) groups is 2. The van der Waals surface area contributed by atoms with Crippen molar-refractivity contribution in [3.63, 3.8) is 0 Å². The molecule has 1 N–H and O–H groups in total. The number of likely N-dealkylation sites (N-methyl/N-ethyl adjacent to an activating group) is 1. The maximum absolute atomic E-state index is 12.4. The minimum atomic E-state index is -2.96. The van der Waals surface area contributed by atoms with Gasteiger partial charge in [0.15, 0.2) is 18.1 Å². The van der Waals surface area contributed by atoms with Gasteiger partial charge in [0.05, 0.1) is 7.11 Å². The Bertz CT molecular complexity index is 859. The minimum absolute atomic E-state index is 0.0882. The number of nitrogens with zero attached hydrogens (tertiary/aromatic N) is 1. The van der Waals surface area contributed by atoms with Crippen LogP contribution in [0.5, 0.6) is 17.2 Å². The number of ether oxygens (including phenoxy) is 3. The van der Waals surface area contributed by atoms with Gasteiger partial charge in [-0.05, 0) is 35.9 Å². The molecule has 7 nitrogen and oxygen atoms in total. The molecule has 0 aliphatic carbocycles. The van der Waals surface area contributed by atoms with Crippen LogP contribution in [0.1, 0.15) is 15.9 Å². The molecule has 0 radical (unpaired) electrons. The number of nitrogens with one attached hydrogen (secondary N) is 1. The molecule has 2 amide bonds. The molecule has 2 aromatic carbocycles. The third kappa shape index (κ3) is 6.63. The zero-order valence-electron chi connectivity index (χ0n) is 16.3. The monoisotopic (exact) mass is 408 g/mol. The average Bonchev–Trinajstić information content (AvgIpc) is 2.70. The molecule has 0 spiro atoms. The Labute approximate surface area is 167 Å². The third-order valence-corrected chi connectivity index (χ3v) is 3.85. The molecule has 0 saturated heterocycles. The smallest absolute Gasteiger partial charge is 0.387 e. The molecular formula is C20H22F2N2O5. The van der Waals surface area contributed by atoms with E-state index in [0.717, 1.165) is 0 Å². The number of halogens is 2. The predicted molar refractivity (Wildman–Crippen MR) is 101 cm³/mol. The van der Waals surface area contributed by atoms with Crippen LogP contribution in [0, 0.1) is 0 Å². The molecule has 2 aromatic rings. The van der Waals surface area contributed by atoms with Crippen molar-refractivity contribution in [2.75, 3.05) is 27.8 Å². The maximum atomic E-state index is 12.4. The summed E-state index contributed by atoms with van der Waals surface area (Å²) in [4.78, 5) is 25.4. The van der Waals surface area contributed by atoms with E-state index in [9.17, 15) is 18.4 Å². The highest BCUT2D eigenvalue weighted by atomic mass is 19.3. The summed E-state index contributed by atoms with van der Waals surface area (Å²) in [5.41, 5.74) is 0.991. The summed E-state index contributed by atoms with van der Waals surface area (Å²) < 4.78 is 39.6. The van der Waals surface area contributed by atoms with E-state index >= 15 is 0 Å². The van der Waals surface area contributed by atoms with E-state index in [1.54, 1.807) is 38.4 Å². The minimum Gasteiger partial charge on any atom is -0.493 e. The van der Waals surface area contributed by atoms with Crippen LogP contribution in [0.15, 0.2) is 42.5 Å². The van der Waals surface area contributed by atoms with Gasteiger partial charge in [-0.3, -0.25) is 9.59 Å². The number of hydrogen-bond donors (Lipinski definition) is 1. The summed E-state index contributed by atoms with van der Waals surface area (Å²) in [6.45, 7) is -2.95. The van der Waals surface area contributed by atoms with Crippen molar-refractivity contribution in [1.29, 1.82) is 0 Å². The number of carbonyl (C=O) groups excluding carboxylic acids is 2. The second-order valence-electron chi connectivity index (χ2n) is 6.15. The van der Waals surface area contributed by atoms with Crippen molar-refractivity contribution >= 4 is 11.8 Å². The van der Waals surface area contributed by atoms with Crippen LogP contribution in [0.4, 0.5) is 8.78 Å². The number of rotatable bonds is 9. The number of hydrogen-bond acceptors (Lipinski definition) is 5. The lowest BCUT2D eigenvalue weighted by Crippen LogP contribution is -2.27. The van der Waals surface area contributed by atoms with Crippen molar-refractivity contribution in [2.45, 2.75) is 13.2 Å². The van der Waals surface area contributed by atoms with Crippen LogP contribution in [-0.2, 0) is 11.3 Å². The van der Waals surface area contributed by atoms with E-state index in [1.165, 1.54) is 30.2 Å². The van der Waals surface area contributed by atoms with E-state index in [0.29, 0.717) is 16.9 Å². The topological polar surface area (TPSA) is 77.1 Å². The fourth-order valence-corrected chi connectivity index (χ4v) is 2.30. The lowest BCUT2D eigenvalue weighted by atomic mass is 10.1. The Morgan fingerprint density at radius 2 is 1.86 bits per heavy atom. The first-order valence-electron chi connectivity index (χ1n) is 8.63. The lowest BCUT2D eigenvalue weighted by molar-refractivity contribution is -0.130. The van der Waals surface area contributed by atoms with Crippen molar-refractivity contribution < 1.29 is 32.6 Å². The second kappa shape index (κ2) is 10.3. The first kappa shape index (κ1) is 21.9. The molecule has 2 rings (SSSR count). The molecule has 0 aromatic heterocycles. The van der Waals surface area contributed by atoms with Crippen LogP contribution in [0.3, 0.4) is 0 Å². The van der Waals surface area contributed by atoms with Crippen LogP contribution >= 0.6 is 0 Å². The largest absolute Gasteiger partial charge is 0.493 e. The van der Waals surface area contributed by atoms with E-state index in [1.807, 2.05) is 0 Å². The van der Waals surface area contributed by atoms with Crippen molar-refractivity contribution in [1.82, 2.24) is 10.2 Å². The molecular weight excluding hydrogens is 386 g/mol. The first-order chi connectivity index (χ1) is 13.8. The fraction of sp³-hybridized carbons (Fsp3) is 0.300. The number of alkyl halides is 2. The van der Waals surface area contributed by atoms with Crippen LogP contribution < -0.4 is 19.5 Å². The van der Waals surface area contributed by atoms with Gasteiger partial charge in [0.2, 0.25) is 0 Å². The van der Waals surface area contributed by atoms with E-state index in [2.05, 4.69) is 10.1 Å². The maximum Gasteiger partial charge on any atom is 0.387 e. The normalized spacial score (nSPS) is 10.4. The summed E-state index contributed by atoms with van der Waals surface area (Å²) in [7, 11) is 4.58. The lowest BCUT2D eigenvalue weighted by Gasteiger charge is -2.13. The van der Waals surface area contributed by atoms with Gasteiger partial charge >= 0.3 is 6.61 Å². The zero-order chi connectivity index (χ0) is 21.4. The number of methoxy groups -OCH3 is 1. The molecule has 0 heterocycles. The molecule has 29 heavy (non-hydrogen) atoms. The SMILES string of the molecule is COc1cc(CNC(=O)c2cccc(OCC(=O)N(C)C)c2)ccc1OC(F)F. The van der Waals surface area contributed by atoms with Crippen LogP contribution in [0.2, 0.25) is 0 Å². The van der Waals surface area contributed by atoms with Gasteiger partial charge in [-0.2, -0.15) is 8.78 Å². The first-order valence-corrected chi connectivity index (χ1v) is 8.63. The van der Waals surface area contributed by atoms with Crippen LogP contribution in [-0.4, -0.2) is 51.1 Å². The molecule has 0 unspecified atom stereocenters. The van der Waals surface area contributed by atoms with Crippen molar-refractivity contribution in [3.8, 4) is 17.2 Å². The molecule has 0 aliphatic rings. The average molecular weight is 408 g/mol. The van der Waals surface area contributed by atoms with Gasteiger partial charge in [0.25, 0.3) is 11.8 Å². The summed E-state index contributed by atoms with van der Waals surface area (Å²) in [6, 6.07) is 10.8. The highest BCUT2D eigenvalue weighted by Crippen LogP contribution is 2.29. The standard InChI is InChI=1S/C20H22F2N2O5/c1-24(2)18(25)12-28-15-6-4-5-14(10-15)19(26)23-11-13-7-8-16(29-20(21)22)17(9-13)27-3/h4-10,20H,11-12H2,1-3H3,(H,23,26). The summed E-state index contributed by atoms with van der Waals surface area (Å²) in [5.74, 6) is -0.120. The molecule has 9 heteroatoms. The summed E-state index contributed by atoms with van der Waals surface area (Å²) in [6.07, 6.45) is 0. The molecule has 0 aliphatic heterocycles. The summed E-state index contributed by atoms with van der Waals surface area (Å²) >= 11 is 0. The fourth-order valence-electron chi connectivity index (χ4n) is 2.30. The highest BCUT2D eigenvalue weighted by Gasteiger charge is 2.12. The van der Waals surface area contributed by atoms with Gasteiger partial charge in [-0.15, -0.1) is 0 Å². The Kier molecular flexibility index (Phi) is 7.76. The Morgan fingerprint density at radius 1 is 1.10 bits per heavy atom. The van der Waals surface area contributed by atoms with E-state index in [-0.39, 0.29) is 36.5 Å². The summed E-state index contributed by atoms with van der Waals surface area (Å²) in [5, 5.41) is 2.72. The van der Waals surface area contributed by atoms with E-state index < -0.39 is 6.61 Å².